The van der Waals surface area contributed by atoms with Crippen LogP contribution < -0.4 is 10.9 Å². The highest BCUT2D eigenvalue weighted by Gasteiger charge is 2.23. The second-order valence-electron chi connectivity index (χ2n) is 7.96. The molecule has 1 unspecified atom stereocenters. The van der Waals surface area contributed by atoms with Crippen LogP contribution in [0.25, 0.3) is 16.7 Å². The van der Waals surface area contributed by atoms with Crippen molar-refractivity contribution in [3.05, 3.63) is 82.3 Å². The Hall–Kier alpha value is -3.59. The number of likely N-dealkylation sites (tertiary alicyclic amines) is 1. The number of piperidine rings is 1. The maximum absolute atomic E-state index is 14.0. The first-order valence-electron chi connectivity index (χ1n) is 10.5. The lowest BCUT2D eigenvalue weighted by molar-refractivity contribution is 0.203. The summed E-state index contributed by atoms with van der Waals surface area (Å²) in [5, 5.41) is 8.01. The quantitative estimate of drug-likeness (QED) is 0.501. The van der Waals surface area contributed by atoms with Gasteiger partial charge in [0, 0.05) is 24.7 Å². The van der Waals surface area contributed by atoms with Gasteiger partial charge in [0.15, 0.2) is 5.65 Å². The number of anilines is 1. The Kier molecular flexibility index (Phi) is 5.40. The van der Waals surface area contributed by atoms with Crippen molar-refractivity contribution < 1.29 is 8.78 Å². The van der Waals surface area contributed by atoms with Crippen LogP contribution >= 0.6 is 0 Å². The Morgan fingerprint density at radius 1 is 1.09 bits per heavy atom. The lowest BCUT2D eigenvalue weighted by atomic mass is 10.0. The molecular weight excluding hydrogens is 414 g/mol. The summed E-state index contributed by atoms with van der Waals surface area (Å²) in [7, 11) is 0. The van der Waals surface area contributed by atoms with Crippen LogP contribution in [0.3, 0.4) is 0 Å². The molecule has 2 aromatic carbocycles. The predicted molar refractivity (Wildman–Crippen MR) is 118 cm³/mol. The molecule has 1 fully saturated rings. The van der Waals surface area contributed by atoms with Crippen LogP contribution in [0.5, 0.6) is 0 Å². The van der Waals surface area contributed by atoms with Crippen molar-refractivity contribution in [2.24, 2.45) is 0 Å². The van der Waals surface area contributed by atoms with Gasteiger partial charge < -0.3 is 5.32 Å². The number of hydrogen-bond acceptors (Lipinski definition) is 5. The molecule has 5 rings (SSSR count). The number of benzene rings is 2. The van der Waals surface area contributed by atoms with Gasteiger partial charge in [-0.25, -0.2) is 13.5 Å². The van der Waals surface area contributed by atoms with Crippen LogP contribution in [0.1, 0.15) is 18.4 Å². The fourth-order valence-electron chi connectivity index (χ4n) is 4.16. The van der Waals surface area contributed by atoms with Crippen LogP contribution in [0.15, 0.2) is 59.5 Å². The lowest BCUT2D eigenvalue weighted by Gasteiger charge is -2.33. The van der Waals surface area contributed by atoms with Gasteiger partial charge in [-0.05, 0) is 43.7 Å². The number of nitrogens with one attached hydrogen (secondary N) is 2. The molecule has 4 aromatic rings. The number of fused-ring (bicyclic) bond motifs is 1. The molecule has 1 aliphatic rings. The summed E-state index contributed by atoms with van der Waals surface area (Å²) in [6.07, 6.45) is 3.22. The maximum atomic E-state index is 14.0. The van der Waals surface area contributed by atoms with Crippen LogP contribution in [0.2, 0.25) is 0 Å². The predicted octanol–water partition coefficient (Wildman–Crippen LogP) is 3.46. The highest BCUT2D eigenvalue weighted by atomic mass is 19.1. The Bertz CT molecular complexity index is 1280. The average Bonchev–Trinajstić information content (AvgIpc) is 3.22. The highest BCUT2D eigenvalue weighted by molar-refractivity contribution is 5.76. The monoisotopic (exact) mass is 436 g/mol. The zero-order chi connectivity index (χ0) is 22.1. The minimum Gasteiger partial charge on any atom is -0.352 e. The number of aromatic nitrogens is 4. The van der Waals surface area contributed by atoms with Crippen molar-refractivity contribution in [3.8, 4) is 5.69 Å². The molecule has 3 heterocycles. The van der Waals surface area contributed by atoms with E-state index in [4.69, 9.17) is 0 Å². The van der Waals surface area contributed by atoms with Crippen LogP contribution in [-0.4, -0.2) is 43.8 Å². The first-order valence-corrected chi connectivity index (χ1v) is 10.5. The molecule has 7 nitrogen and oxygen atoms in total. The van der Waals surface area contributed by atoms with E-state index in [9.17, 15) is 13.6 Å². The molecule has 2 aromatic heterocycles. The topological polar surface area (TPSA) is 78.8 Å². The molecule has 1 aliphatic heterocycles. The summed E-state index contributed by atoms with van der Waals surface area (Å²) in [6, 6.07) is 13.4. The number of halogens is 2. The number of para-hydroxylation sites is 1. The molecule has 164 valence electrons. The van der Waals surface area contributed by atoms with Crippen molar-refractivity contribution in [1.29, 1.82) is 0 Å². The van der Waals surface area contributed by atoms with Gasteiger partial charge in [0.05, 0.1) is 11.9 Å². The molecule has 0 aliphatic carbocycles. The minimum atomic E-state index is -0.536. The highest BCUT2D eigenvalue weighted by Crippen LogP contribution is 2.20. The van der Waals surface area contributed by atoms with E-state index >= 15 is 0 Å². The molecule has 2 N–H and O–H groups in total. The third-order valence-electron chi connectivity index (χ3n) is 5.73. The summed E-state index contributed by atoms with van der Waals surface area (Å²) >= 11 is 0. The van der Waals surface area contributed by atoms with E-state index in [-0.39, 0.29) is 23.7 Å². The van der Waals surface area contributed by atoms with E-state index in [1.165, 1.54) is 24.4 Å². The number of H-pyrrole nitrogens is 1. The average molecular weight is 436 g/mol. The third-order valence-corrected chi connectivity index (χ3v) is 5.73. The van der Waals surface area contributed by atoms with Crippen molar-refractivity contribution in [1.82, 2.24) is 24.6 Å². The van der Waals surface area contributed by atoms with Crippen LogP contribution in [0, 0.1) is 11.6 Å². The summed E-state index contributed by atoms with van der Waals surface area (Å²) in [6.45, 7) is 1.52. The Labute approximate surface area is 182 Å². The Morgan fingerprint density at radius 3 is 2.66 bits per heavy atom. The van der Waals surface area contributed by atoms with Gasteiger partial charge in [0.25, 0.3) is 5.56 Å². The van der Waals surface area contributed by atoms with Gasteiger partial charge in [-0.2, -0.15) is 10.1 Å². The van der Waals surface area contributed by atoms with Crippen molar-refractivity contribution >= 4 is 17.0 Å². The van der Waals surface area contributed by atoms with Gasteiger partial charge in [0.1, 0.15) is 17.0 Å². The zero-order valence-corrected chi connectivity index (χ0v) is 17.3. The fourth-order valence-corrected chi connectivity index (χ4v) is 4.16. The van der Waals surface area contributed by atoms with Crippen molar-refractivity contribution in [2.45, 2.75) is 25.4 Å². The molecule has 32 heavy (non-hydrogen) atoms. The normalized spacial score (nSPS) is 17.0. The molecule has 9 heteroatoms. The van der Waals surface area contributed by atoms with E-state index in [1.807, 2.05) is 35.2 Å². The lowest BCUT2D eigenvalue weighted by Crippen LogP contribution is -2.42. The molecule has 0 amide bonds. The summed E-state index contributed by atoms with van der Waals surface area (Å²) in [5.41, 5.74) is 1.07. The SMILES string of the molecule is O=c1[nH]c(NC2CCCN(Cc3c(F)cccc3F)C2)nc2c1cnn2-c1ccccc1. The van der Waals surface area contributed by atoms with Gasteiger partial charge in [-0.15, -0.1) is 0 Å². The maximum Gasteiger partial charge on any atom is 0.263 e. The van der Waals surface area contributed by atoms with Crippen LogP contribution in [-0.2, 0) is 6.54 Å². The van der Waals surface area contributed by atoms with Crippen molar-refractivity contribution in [3.63, 3.8) is 0 Å². The summed E-state index contributed by atoms with van der Waals surface area (Å²) < 4.78 is 29.7. The summed E-state index contributed by atoms with van der Waals surface area (Å²) in [5.74, 6) is -0.722. The van der Waals surface area contributed by atoms with Gasteiger partial charge in [-0.1, -0.05) is 24.3 Å². The third kappa shape index (κ3) is 3.99. The Balaban J connectivity index is 1.36. The molecular formula is C23H22F2N6O. The molecule has 1 atom stereocenters. The molecule has 0 radical (unpaired) electrons. The molecule has 1 saturated heterocycles. The first kappa shape index (κ1) is 20.3. The molecule has 0 saturated carbocycles. The second-order valence-corrected chi connectivity index (χ2v) is 7.96. The van der Waals surface area contributed by atoms with E-state index in [1.54, 1.807) is 4.68 Å². The number of aromatic amines is 1. The molecule has 0 spiro atoms. The minimum absolute atomic E-state index is 0.0210. The van der Waals surface area contributed by atoms with Gasteiger partial charge in [0.2, 0.25) is 5.95 Å². The fraction of sp³-hybridized carbons (Fsp3) is 0.261. The number of hydrogen-bond donors (Lipinski definition) is 2. The zero-order valence-electron chi connectivity index (χ0n) is 17.3. The van der Waals surface area contributed by atoms with Gasteiger partial charge >= 0.3 is 0 Å². The Morgan fingerprint density at radius 2 is 1.88 bits per heavy atom. The smallest absolute Gasteiger partial charge is 0.263 e. The van der Waals surface area contributed by atoms with E-state index in [0.29, 0.717) is 23.5 Å². The molecule has 0 bridgehead atoms. The summed E-state index contributed by atoms with van der Waals surface area (Å²) in [4.78, 5) is 22.0. The second kappa shape index (κ2) is 8.51. The number of rotatable bonds is 5. The van der Waals surface area contributed by atoms with Crippen molar-refractivity contribution in [2.75, 3.05) is 18.4 Å². The van der Waals surface area contributed by atoms with Crippen LogP contribution in [0.4, 0.5) is 14.7 Å². The number of nitrogens with zero attached hydrogens (tertiary/aromatic N) is 4. The van der Waals surface area contributed by atoms with E-state index < -0.39 is 11.6 Å². The van der Waals surface area contributed by atoms with E-state index in [0.717, 1.165) is 25.1 Å². The first-order chi connectivity index (χ1) is 15.6. The standard InChI is InChI=1S/C23H22F2N6O/c24-19-9-4-10-20(25)18(19)14-30-11-5-6-15(13-30)27-23-28-21-17(22(32)29-23)12-26-31(21)16-7-2-1-3-8-16/h1-4,7-10,12,15H,5-6,11,13-14H2,(H2,27,28,29,32). The largest absolute Gasteiger partial charge is 0.352 e. The van der Waals surface area contributed by atoms with E-state index in [2.05, 4.69) is 20.4 Å². The van der Waals surface area contributed by atoms with Gasteiger partial charge in [-0.3, -0.25) is 14.7 Å².